The molecule has 0 aliphatic carbocycles. The van der Waals surface area contributed by atoms with Crippen molar-refractivity contribution in [3.05, 3.63) is 53.1 Å². The molecule has 1 aromatic heterocycles. The van der Waals surface area contributed by atoms with Crippen LogP contribution >= 0.6 is 0 Å². The van der Waals surface area contributed by atoms with Crippen molar-refractivity contribution in [2.75, 3.05) is 5.73 Å². The first kappa shape index (κ1) is 13.0. The quantitative estimate of drug-likeness (QED) is 0.817. The summed E-state index contributed by atoms with van der Waals surface area (Å²) in [7, 11) is 0. The standard InChI is InChI=1S/C14H16N4O/c1-9-4-3-5-12(13(9)15)14(19)17-8-11-6-7-16-10(2)18-11/h3-7H,8,15H2,1-2H3,(H,17,19). The normalized spacial score (nSPS) is 10.2. The molecule has 2 aromatic rings. The number of aromatic nitrogens is 2. The van der Waals surface area contributed by atoms with Crippen LogP contribution in [-0.4, -0.2) is 15.9 Å². The number of para-hydroxylation sites is 1. The number of benzene rings is 1. The van der Waals surface area contributed by atoms with Gasteiger partial charge >= 0.3 is 0 Å². The number of aryl methyl sites for hydroxylation is 2. The minimum Gasteiger partial charge on any atom is -0.398 e. The van der Waals surface area contributed by atoms with E-state index in [1.807, 2.05) is 26.0 Å². The number of rotatable bonds is 3. The highest BCUT2D eigenvalue weighted by molar-refractivity contribution is 5.99. The molecule has 5 nitrogen and oxygen atoms in total. The first-order chi connectivity index (χ1) is 9.08. The Morgan fingerprint density at radius 2 is 2.11 bits per heavy atom. The SMILES string of the molecule is Cc1nccc(CNC(=O)c2cccc(C)c2N)n1. The predicted molar refractivity (Wildman–Crippen MR) is 73.5 cm³/mol. The fourth-order valence-electron chi connectivity index (χ4n) is 1.75. The Kier molecular flexibility index (Phi) is 3.75. The number of anilines is 1. The third kappa shape index (κ3) is 3.07. The molecule has 0 saturated carbocycles. The summed E-state index contributed by atoms with van der Waals surface area (Å²) in [5.41, 5.74) is 8.56. The van der Waals surface area contributed by atoms with E-state index in [9.17, 15) is 4.79 Å². The highest BCUT2D eigenvalue weighted by atomic mass is 16.1. The molecule has 1 amide bonds. The lowest BCUT2D eigenvalue weighted by Gasteiger charge is -2.09. The third-order valence-electron chi connectivity index (χ3n) is 2.83. The average molecular weight is 256 g/mol. The van der Waals surface area contributed by atoms with Gasteiger partial charge in [-0.25, -0.2) is 9.97 Å². The van der Waals surface area contributed by atoms with Crippen LogP contribution in [-0.2, 0) is 6.54 Å². The van der Waals surface area contributed by atoms with Gasteiger partial charge in [-0.05, 0) is 31.5 Å². The number of nitrogens with two attached hydrogens (primary N) is 1. The van der Waals surface area contributed by atoms with Crippen molar-refractivity contribution in [1.29, 1.82) is 0 Å². The molecule has 0 unspecified atom stereocenters. The van der Waals surface area contributed by atoms with Crippen LogP contribution in [0.1, 0.15) is 27.4 Å². The largest absolute Gasteiger partial charge is 0.398 e. The minimum absolute atomic E-state index is 0.197. The Labute approximate surface area is 111 Å². The van der Waals surface area contributed by atoms with E-state index in [0.717, 1.165) is 11.3 Å². The van der Waals surface area contributed by atoms with Crippen molar-refractivity contribution in [2.24, 2.45) is 0 Å². The van der Waals surface area contributed by atoms with Gasteiger partial charge in [0.1, 0.15) is 5.82 Å². The highest BCUT2D eigenvalue weighted by Crippen LogP contribution is 2.16. The summed E-state index contributed by atoms with van der Waals surface area (Å²) in [5.74, 6) is 0.485. The molecule has 0 aliphatic rings. The Hall–Kier alpha value is -2.43. The molecule has 0 fully saturated rings. The number of hydrogen-bond acceptors (Lipinski definition) is 4. The van der Waals surface area contributed by atoms with E-state index in [1.54, 1.807) is 18.3 Å². The summed E-state index contributed by atoms with van der Waals surface area (Å²) < 4.78 is 0. The number of carbonyl (C=O) groups excluding carboxylic acids is 1. The van der Waals surface area contributed by atoms with E-state index in [2.05, 4.69) is 15.3 Å². The summed E-state index contributed by atoms with van der Waals surface area (Å²) in [4.78, 5) is 20.3. The van der Waals surface area contributed by atoms with Crippen molar-refractivity contribution in [1.82, 2.24) is 15.3 Å². The number of nitrogen functional groups attached to an aromatic ring is 1. The van der Waals surface area contributed by atoms with Crippen LogP contribution in [0.15, 0.2) is 30.5 Å². The van der Waals surface area contributed by atoms with Gasteiger partial charge in [-0.1, -0.05) is 12.1 Å². The summed E-state index contributed by atoms with van der Waals surface area (Å²) >= 11 is 0. The lowest BCUT2D eigenvalue weighted by Crippen LogP contribution is -2.24. The Bertz CT molecular complexity index is 610. The van der Waals surface area contributed by atoms with Gasteiger partial charge in [0, 0.05) is 11.9 Å². The van der Waals surface area contributed by atoms with E-state index in [1.165, 1.54) is 0 Å². The highest BCUT2D eigenvalue weighted by Gasteiger charge is 2.10. The van der Waals surface area contributed by atoms with Gasteiger partial charge in [0.25, 0.3) is 5.91 Å². The maximum absolute atomic E-state index is 12.0. The molecule has 3 N–H and O–H groups in total. The van der Waals surface area contributed by atoms with Gasteiger partial charge < -0.3 is 11.1 Å². The summed E-state index contributed by atoms with van der Waals surface area (Å²) in [6.07, 6.45) is 1.67. The smallest absolute Gasteiger partial charge is 0.253 e. The third-order valence-corrected chi connectivity index (χ3v) is 2.83. The number of nitrogens with one attached hydrogen (secondary N) is 1. The van der Waals surface area contributed by atoms with Crippen LogP contribution in [0.2, 0.25) is 0 Å². The maximum atomic E-state index is 12.0. The molecular weight excluding hydrogens is 240 g/mol. The van der Waals surface area contributed by atoms with Gasteiger partial charge in [0.15, 0.2) is 0 Å². The van der Waals surface area contributed by atoms with E-state index in [4.69, 9.17) is 5.73 Å². The van der Waals surface area contributed by atoms with Crippen LogP contribution in [0.5, 0.6) is 0 Å². The van der Waals surface area contributed by atoms with Crippen LogP contribution < -0.4 is 11.1 Å². The summed E-state index contributed by atoms with van der Waals surface area (Å²) in [6.45, 7) is 4.04. The monoisotopic (exact) mass is 256 g/mol. The lowest BCUT2D eigenvalue weighted by molar-refractivity contribution is 0.0951. The first-order valence-corrected chi connectivity index (χ1v) is 5.99. The predicted octanol–water partition coefficient (Wildman–Crippen LogP) is 1.61. The molecule has 2 rings (SSSR count). The number of hydrogen-bond donors (Lipinski definition) is 2. The second kappa shape index (κ2) is 5.48. The molecule has 5 heteroatoms. The fourth-order valence-corrected chi connectivity index (χ4v) is 1.75. The van der Waals surface area contributed by atoms with Crippen LogP contribution in [0.3, 0.4) is 0 Å². The minimum atomic E-state index is -0.197. The second-order valence-electron chi connectivity index (χ2n) is 4.31. The van der Waals surface area contributed by atoms with Crippen molar-refractivity contribution in [3.63, 3.8) is 0 Å². The maximum Gasteiger partial charge on any atom is 0.253 e. The molecule has 0 saturated heterocycles. The number of amides is 1. The fraction of sp³-hybridized carbons (Fsp3) is 0.214. The van der Waals surface area contributed by atoms with Gasteiger partial charge in [-0.3, -0.25) is 4.79 Å². The topological polar surface area (TPSA) is 80.9 Å². The van der Waals surface area contributed by atoms with E-state index < -0.39 is 0 Å². The summed E-state index contributed by atoms with van der Waals surface area (Å²) in [5, 5.41) is 2.80. The molecule has 0 spiro atoms. The Morgan fingerprint density at radius 3 is 2.84 bits per heavy atom. The zero-order valence-electron chi connectivity index (χ0n) is 11.0. The van der Waals surface area contributed by atoms with Crippen LogP contribution in [0, 0.1) is 13.8 Å². The molecule has 98 valence electrons. The van der Waals surface area contributed by atoms with Gasteiger partial charge in [0.2, 0.25) is 0 Å². The molecule has 19 heavy (non-hydrogen) atoms. The van der Waals surface area contributed by atoms with Crippen molar-refractivity contribution in [3.8, 4) is 0 Å². The molecule has 1 heterocycles. The number of nitrogens with zero attached hydrogens (tertiary/aromatic N) is 2. The Balaban J connectivity index is 2.08. The van der Waals surface area contributed by atoms with E-state index in [0.29, 0.717) is 23.6 Å². The first-order valence-electron chi connectivity index (χ1n) is 5.99. The van der Waals surface area contributed by atoms with E-state index in [-0.39, 0.29) is 5.91 Å². The van der Waals surface area contributed by atoms with Gasteiger partial charge in [-0.15, -0.1) is 0 Å². The molecule has 0 radical (unpaired) electrons. The number of carbonyl (C=O) groups is 1. The van der Waals surface area contributed by atoms with Crippen molar-refractivity contribution < 1.29 is 4.79 Å². The lowest BCUT2D eigenvalue weighted by atomic mass is 10.1. The van der Waals surface area contributed by atoms with Crippen LogP contribution in [0.4, 0.5) is 5.69 Å². The zero-order valence-corrected chi connectivity index (χ0v) is 11.0. The van der Waals surface area contributed by atoms with E-state index >= 15 is 0 Å². The molecular formula is C14H16N4O. The summed E-state index contributed by atoms with van der Waals surface area (Å²) in [6, 6.07) is 7.17. The van der Waals surface area contributed by atoms with Crippen molar-refractivity contribution in [2.45, 2.75) is 20.4 Å². The molecule has 0 bridgehead atoms. The molecule has 0 aliphatic heterocycles. The van der Waals surface area contributed by atoms with Crippen LogP contribution in [0.25, 0.3) is 0 Å². The Morgan fingerprint density at radius 1 is 1.32 bits per heavy atom. The van der Waals surface area contributed by atoms with Crippen molar-refractivity contribution >= 4 is 11.6 Å². The molecule has 0 atom stereocenters. The van der Waals surface area contributed by atoms with Gasteiger partial charge in [-0.2, -0.15) is 0 Å². The second-order valence-corrected chi connectivity index (χ2v) is 4.31. The van der Waals surface area contributed by atoms with Gasteiger partial charge in [0.05, 0.1) is 17.8 Å². The molecule has 1 aromatic carbocycles. The average Bonchev–Trinajstić information content (AvgIpc) is 2.39. The zero-order chi connectivity index (χ0) is 13.8.